The van der Waals surface area contributed by atoms with Crippen molar-refractivity contribution in [2.45, 2.75) is 6.92 Å². The van der Waals surface area contributed by atoms with E-state index in [4.69, 9.17) is 4.74 Å². The van der Waals surface area contributed by atoms with E-state index < -0.39 is 0 Å². The Balaban J connectivity index is 2.01. The minimum Gasteiger partial charge on any atom is -0.497 e. The Kier molecular flexibility index (Phi) is 3.97. The van der Waals surface area contributed by atoms with Crippen LogP contribution in [-0.2, 0) is 0 Å². The highest BCUT2D eigenvalue weighted by Crippen LogP contribution is 2.13. The van der Waals surface area contributed by atoms with Crippen LogP contribution in [-0.4, -0.2) is 13.3 Å². The van der Waals surface area contributed by atoms with Gasteiger partial charge in [0.05, 0.1) is 19.0 Å². The molecular formula is C15H16N2O. The number of rotatable bonds is 4. The van der Waals surface area contributed by atoms with E-state index in [1.54, 1.807) is 13.3 Å². The first-order valence-electron chi connectivity index (χ1n) is 5.78. The molecular weight excluding hydrogens is 224 g/mol. The number of ether oxygens (including phenoxy) is 1. The smallest absolute Gasteiger partial charge is 0.118 e. The number of hydrazone groups is 1. The summed E-state index contributed by atoms with van der Waals surface area (Å²) in [5, 5.41) is 4.21. The minimum absolute atomic E-state index is 0.846. The van der Waals surface area contributed by atoms with Gasteiger partial charge in [0.15, 0.2) is 0 Å². The molecule has 2 rings (SSSR count). The van der Waals surface area contributed by atoms with E-state index in [0.717, 1.165) is 17.0 Å². The van der Waals surface area contributed by atoms with Gasteiger partial charge in [-0.3, -0.25) is 5.43 Å². The number of hydrogen-bond acceptors (Lipinski definition) is 3. The SMILES string of the molecule is COc1ccc(/C=N/Nc2ccccc2C)cc1. The van der Waals surface area contributed by atoms with Crippen molar-refractivity contribution in [3.63, 3.8) is 0 Å². The quantitative estimate of drug-likeness (QED) is 0.656. The highest BCUT2D eigenvalue weighted by atomic mass is 16.5. The van der Waals surface area contributed by atoms with Gasteiger partial charge in [0.2, 0.25) is 0 Å². The molecule has 0 atom stereocenters. The Morgan fingerprint density at radius 2 is 1.78 bits per heavy atom. The van der Waals surface area contributed by atoms with E-state index in [1.165, 1.54) is 5.56 Å². The predicted molar refractivity (Wildman–Crippen MR) is 75.4 cm³/mol. The average molecular weight is 240 g/mol. The normalized spacial score (nSPS) is 10.6. The molecule has 0 unspecified atom stereocenters. The first-order chi connectivity index (χ1) is 8.79. The molecule has 0 amide bonds. The maximum Gasteiger partial charge on any atom is 0.118 e. The van der Waals surface area contributed by atoms with Gasteiger partial charge in [-0.05, 0) is 48.4 Å². The molecule has 2 aromatic carbocycles. The van der Waals surface area contributed by atoms with Gasteiger partial charge >= 0.3 is 0 Å². The van der Waals surface area contributed by atoms with Crippen LogP contribution in [0.15, 0.2) is 53.6 Å². The van der Waals surface area contributed by atoms with Crippen LogP contribution in [0.3, 0.4) is 0 Å². The molecule has 92 valence electrons. The van der Waals surface area contributed by atoms with E-state index in [9.17, 15) is 0 Å². The van der Waals surface area contributed by atoms with Crippen molar-refractivity contribution in [2.75, 3.05) is 12.5 Å². The summed E-state index contributed by atoms with van der Waals surface area (Å²) in [7, 11) is 1.66. The predicted octanol–water partition coefficient (Wildman–Crippen LogP) is 3.45. The molecule has 2 aromatic rings. The van der Waals surface area contributed by atoms with E-state index in [1.807, 2.05) is 55.5 Å². The Morgan fingerprint density at radius 1 is 1.06 bits per heavy atom. The zero-order valence-corrected chi connectivity index (χ0v) is 10.6. The Bertz CT molecular complexity index is 532. The zero-order valence-electron chi connectivity index (χ0n) is 10.6. The molecule has 0 aliphatic heterocycles. The lowest BCUT2D eigenvalue weighted by Crippen LogP contribution is -1.92. The lowest BCUT2D eigenvalue weighted by molar-refractivity contribution is 0.415. The van der Waals surface area contributed by atoms with Crippen LogP contribution in [0.4, 0.5) is 5.69 Å². The number of para-hydroxylation sites is 1. The highest BCUT2D eigenvalue weighted by molar-refractivity contribution is 5.80. The number of nitrogens with one attached hydrogen (secondary N) is 1. The number of aryl methyl sites for hydroxylation is 1. The lowest BCUT2D eigenvalue weighted by atomic mass is 10.2. The van der Waals surface area contributed by atoms with Crippen LogP contribution in [0.5, 0.6) is 5.75 Å². The van der Waals surface area contributed by atoms with Crippen LogP contribution >= 0.6 is 0 Å². The van der Waals surface area contributed by atoms with Crippen LogP contribution in [0, 0.1) is 6.92 Å². The van der Waals surface area contributed by atoms with E-state index in [0.29, 0.717) is 0 Å². The Morgan fingerprint density at radius 3 is 2.44 bits per heavy atom. The maximum atomic E-state index is 5.10. The summed E-state index contributed by atoms with van der Waals surface area (Å²) in [6, 6.07) is 15.8. The molecule has 0 radical (unpaired) electrons. The summed E-state index contributed by atoms with van der Waals surface area (Å²) in [4.78, 5) is 0. The lowest BCUT2D eigenvalue weighted by Gasteiger charge is -2.03. The third-order valence-corrected chi connectivity index (χ3v) is 2.66. The second-order valence-corrected chi connectivity index (χ2v) is 3.96. The molecule has 0 spiro atoms. The van der Waals surface area contributed by atoms with E-state index in [-0.39, 0.29) is 0 Å². The molecule has 0 saturated carbocycles. The van der Waals surface area contributed by atoms with E-state index >= 15 is 0 Å². The molecule has 0 aliphatic carbocycles. The van der Waals surface area contributed by atoms with Gasteiger partial charge in [-0.1, -0.05) is 18.2 Å². The van der Waals surface area contributed by atoms with Crippen molar-refractivity contribution in [1.29, 1.82) is 0 Å². The van der Waals surface area contributed by atoms with Crippen molar-refractivity contribution < 1.29 is 4.74 Å². The van der Waals surface area contributed by atoms with Crippen molar-refractivity contribution >= 4 is 11.9 Å². The number of methoxy groups -OCH3 is 1. The fraction of sp³-hybridized carbons (Fsp3) is 0.133. The highest BCUT2D eigenvalue weighted by Gasteiger charge is 1.93. The number of nitrogens with zero attached hydrogens (tertiary/aromatic N) is 1. The van der Waals surface area contributed by atoms with Crippen LogP contribution in [0.1, 0.15) is 11.1 Å². The fourth-order valence-electron chi connectivity index (χ4n) is 1.56. The topological polar surface area (TPSA) is 33.6 Å². The molecule has 3 nitrogen and oxygen atoms in total. The first-order valence-corrected chi connectivity index (χ1v) is 5.78. The molecule has 0 bridgehead atoms. The summed E-state index contributed by atoms with van der Waals surface area (Å²) >= 11 is 0. The van der Waals surface area contributed by atoms with Gasteiger partial charge in [-0.15, -0.1) is 0 Å². The third kappa shape index (κ3) is 3.10. The van der Waals surface area contributed by atoms with Gasteiger partial charge in [0, 0.05) is 0 Å². The molecule has 0 heterocycles. The molecule has 18 heavy (non-hydrogen) atoms. The third-order valence-electron chi connectivity index (χ3n) is 2.66. The Hall–Kier alpha value is -2.29. The summed E-state index contributed by atoms with van der Waals surface area (Å²) < 4.78 is 5.10. The van der Waals surface area contributed by atoms with Crippen molar-refractivity contribution in [1.82, 2.24) is 0 Å². The number of benzene rings is 2. The maximum absolute atomic E-state index is 5.10. The van der Waals surface area contributed by atoms with Gasteiger partial charge in [-0.2, -0.15) is 5.10 Å². The summed E-state index contributed by atoms with van der Waals surface area (Å²) in [5.41, 5.74) is 6.24. The van der Waals surface area contributed by atoms with Crippen LogP contribution in [0.2, 0.25) is 0 Å². The summed E-state index contributed by atoms with van der Waals surface area (Å²) in [6.45, 7) is 2.05. The van der Waals surface area contributed by atoms with Gasteiger partial charge in [-0.25, -0.2) is 0 Å². The van der Waals surface area contributed by atoms with Gasteiger partial charge in [0.25, 0.3) is 0 Å². The van der Waals surface area contributed by atoms with Crippen molar-refractivity contribution in [3.8, 4) is 5.75 Å². The molecule has 3 heteroatoms. The molecule has 0 fully saturated rings. The van der Waals surface area contributed by atoms with Crippen LogP contribution < -0.4 is 10.2 Å². The van der Waals surface area contributed by atoms with E-state index in [2.05, 4.69) is 10.5 Å². The Labute approximate surface area is 107 Å². The average Bonchev–Trinajstić information content (AvgIpc) is 2.42. The number of hydrogen-bond donors (Lipinski definition) is 1. The summed E-state index contributed by atoms with van der Waals surface area (Å²) in [5.74, 6) is 0.846. The largest absolute Gasteiger partial charge is 0.497 e. The zero-order chi connectivity index (χ0) is 12.8. The van der Waals surface area contributed by atoms with Gasteiger partial charge < -0.3 is 4.74 Å². The van der Waals surface area contributed by atoms with Crippen molar-refractivity contribution in [3.05, 3.63) is 59.7 Å². The standard InChI is InChI=1S/C15H16N2O/c1-12-5-3-4-6-15(12)17-16-11-13-7-9-14(18-2)10-8-13/h3-11,17H,1-2H3/b16-11+. The van der Waals surface area contributed by atoms with Crippen molar-refractivity contribution in [2.24, 2.45) is 5.10 Å². The van der Waals surface area contributed by atoms with Gasteiger partial charge in [0.1, 0.15) is 5.75 Å². The first kappa shape index (κ1) is 12.2. The monoisotopic (exact) mass is 240 g/mol. The second-order valence-electron chi connectivity index (χ2n) is 3.96. The second kappa shape index (κ2) is 5.87. The molecule has 0 aliphatic rings. The molecule has 0 saturated heterocycles. The molecule has 0 aromatic heterocycles. The molecule has 1 N–H and O–H groups in total. The summed E-state index contributed by atoms with van der Waals surface area (Å²) in [6.07, 6.45) is 1.78. The van der Waals surface area contributed by atoms with Crippen LogP contribution in [0.25, 0.3) is 0 Å². The minimum atomic E-state index is 0.846. The fourth-order valence-corrected chi connectivity index (χ4v) is 1.56. The number of anilines is 1.